The smallest absolute Gasteiger partial charge is 0.265 e. The summed E-state index contributed by atoms with van der Waals surface area (Å²) in [5.41, 5.74) is 4.46. The Morgan fingerprint density at radius 3 is 2.57 bits per heavy atom. The maximum Gasteiger partial charge on any atom is 0.265 e. The second-order valence-corrected chi connectivity index (χ2v) is 14.5. The predicted octanol–water partition coefficient (Wildman–Crippen LogP) is 6.88. The molecule has 0 bridgehead atoms. The van der Waals surface area contributed by atoms with Crippen molar-refractivity contribution in [2.75, 3.05) is 34.0 Å². The number of thiophene rings is 1. The van der Waals surface area contributed by atoms with E-state index in [0.29, 0.717) is 53.6 Å². The van der Waals surface area contributed by atoms with Gasteiger partial charge < -0.3 is 20.2 Å². The number of pyridine rings is 1. The lowest BCUT2D eigenvalue weighted by atomic mass is 10.1. The minimum Gasteiger partial charge on any atom is -0.368 e. The number of halogens is 1. The minimum absolute atomic E-state index is 0.0592. The van der Waals surface area contributed by atoms with E-state index in [4.69, 9.17) is 4.98 Å². The van der Waals surface area contributed by atoms with Crippen molar-refractivity contribution in [3.63, 3.8) is 0 Å². The van der Waals surface area contributed by atoms with Crippen molar-refractivity contribution in [3.8, 4) is 10.4 Å². The van der Waals surface area contributed by atoms with Crippen molar-refractivity contribution in [3.05, 3.63) is 119 Å². The molecule has 0 fully saturated rings. The Hall–Kier alpha value is -4.58. The fourth-order valence-corrected chi connectivity index (χ4v) is 8.82. The summed E-state index contributed by atoms with van der Waals surface area (Å²) in [5, 5.41) is 14.5. The predicted molar refractivity (Wildman–Crippen MR) is 179 cm³/mol. The second kappa shape index (κ2) is 12.0. The number of hydrogen-bond donors (Lipinski definition) is 2. The highest BCUT2D eigenvalue weighted by Crippen LogP contribution is 2.44. The molecular formula is C35H31FN4O4S2. The van der Waals surface area contributed by atoms with E-state index in [-0.39, 0.29) is 22.2 Å². The Morgan fingerprint density at radius 1 is 0.978 bits per heavy atom. The molecule has 5 aromatic rings. The number of fused-ring (bicyclic) bond motifs is 4. The third kappa shape index (κ3) is 5.44. The van der Waals surface area contributed by atoms with Gasteiger partial charge in [-0.3, -0.25) is 4.79 Å². The highest BCUT2D eigenvalue weighted by molar-refractivity contribution is 7.91. The van der Waals surface area contributed by atoms with E-state index in [1.165, 1.54) is 17.4 Å². The molecule has 0 saturated heterocycles. The first-order chi connectivity index (χ1) is 22.2. The summed E-state index contributed by atoms with van der Waals surface area (Å²) in [6, 6.07) is 26.6. The average Bonchev–Trinajstić information content (AvgIpc) is 3.36. The van der Waals surface area contributed by atoms with Crippen molar-refractivity contribution in [1.29, 1.82) is 0 Å². The summed E-state index contributed by atoms with van der Waals surface area (Å²) < 4.78 is 40.3. The van der Waals surface area contributed by atoms with Gasteiger partial charge in [-0.05, 0) is 73.4 Å². The van der Waals surface area contributed by atoms with Crippen LogP contribution in [0.2, 0.25) is 0 Å². The fraction of sp³-hybridized carbons (Fsp3) is 0.200. The quantitative estimate of drug-likeness (QED) is 0.213. The van der Waals surface area contributed by atoms with E-state index in [1.54, 1.807) is 43.3 Å². The Bertz CT molecular complexity index is 2060. The van der Waals surface area contributed by atoms with Gasteiger partial charge in [0.05, 0.1) is 32.6 Å². The molecule has 0 radical (unpaired) electrons. The van der Waals surface area contributed by atoms with E-state index in [9.17, 15) is 22.7 Å². The highest BCUT2D eigenvalue weighted by Gasteiger charge is 2.30. The van der Waals surface area contributed by atoms with Crippen LogP contribution in [-0.2, 0) is 16.3 Å². The Balaban J connectivity index is 1.19. The maximum absolute atomic E-state index is 14.4. The zero-order chi connectivity index (χ0) is 32.0. The first kappa shape index (κ1) is 30.1. The largest absolute Gasteiger partial charge is 0.368 e. The molecule has 0 spiro atoms. The molecule has 46 heavy (non-hydrogen) atoms. The summed E-state index contributed by atoms with van der Waals surface area (Å²) in [4.78, 5) is 23.6. The molecule has 1 amide bonds. The molecule has 2 aliphatic rings. The van der Waals surface area contributed by atoms with Crippen LogP contribution in [0.1, 0.15) is 39.1 Å². The number of nitrogens with zero attached hydrogens (tertiary/aromatic N) is 3. The molecule has 11 heteroatoms. The van der Waals surface area contributed by atoms with E-state index in [0.717, 1.165) is 21.7 Å². The lowest BCUT2D eigenvalue weighted by molar-refractivity contribution is 0.102. The molecule has 2 N–H and O–H groups in total. The van der Waals surface area contributed by atoms with Crippen molar-refractivity contribution >= 4 is 50.0 Å². The number of nitrogens with one attached hydrogen (secondary N) is 1. The number of aryl methyl sites for hydroxylation is 1. The third-order valence-electron chi connectivity index (χ3n) is 8.45. The topological polar surface area (TPSA) is 103 Å². The van der Waals surface area contributed by atoms with E-state index < -0.39 is 21.9 Å². The second-order valence-electron chi connectivity index (χ2n) is 11.4. The van der Waals surface area contributed by atoms with Crippen molar-refractivity contribution < 1.29 is 22.7 Å². The number of benzene rings is 3. The van der Waals surface area contributed by atoms with Gasteiger partial charge in [-0.2, -0.15) is 0 Å². The number of carbonyl (C=O) groups excluding carboxylic acids is 1. The monoisotopic (exact) mass is 654 g/mol. The zero-order valence-corrected chi connectivity index (χ0v) is 26.6. The maximum atomic E-state index is 14.4. The molecule has 8 nitrogen and oxygen atoms in total. The molecule has 234 valence electrons. The van der Waals surface area contributed by atoms with Crippen molar-refractivity contribution in [2.45, 2.75) is 30.9 Å². The number of carbonyl (C=O) groups is 1. The lowest BCUT2D eigenvalue weighted by Crippen LogP contribution is -2.31. The summed E-state index contributed by atoms with van der Waals surface area (Å²) in [6.07, 6.45) is -0.0821. The summed E-state index contributed by atoms with van der Waals surface area (Å²) in [6.45, 7) is 2.67. The number of hydrogen-bond acceptors (Lipinski definition) is 8. The SMILES string of the molecule is Cc1cccc(F)c1NC(=O)c1cc2c(s1)-c1ccccc1N(C(O)c1cccc(N3CCCS(=O)(=O)c4ccccc43)n1)CC2. The molecular weight excluding hydrogens is 624 g/mol. The van der Waals surface area contributed by atoms with Gasteiger partial charge in [0.25, 0.3) is 5.91 Å². The van der Waals surface area contributed by atoms with Crippen LogP contribution >= 0.6 is 11.3 Å². The van der Waals surface area contributed by atoms with Gasteiger partial charge in [0.15, 0.2) is 16.1 Å². The van der Waals surface area contributed by atoms with Gasteiger partial charge in [-0.15, -0.1) is 11.3 Å². The molecule has 3 aromatic carbocycles. The number of anilines is 4. The van der Waals surface area contributed by atoms with Crippen molar-refractivity contribution in [2.24, 2.45) is 0 Å². The van der Waals surface area contributed by atoms with Crippen LogP contribution < -0.4 is 15.1 Å². The number of amides is 1. The lowest BCUT2D eigenvalue weighted by Gasteiger charge is -2.31. The molecule has 0 aliphatic carbocycles. The highest BCUT2D eigenvalue weighted by atomic mass is 32.2. The molecule has 2 aromatic heterocycles. The van der Waals surface area contributed by atoms with E-state index >= 15 is 0 Å². The van der Waals surface area contributed by atoms with Crippen LogP contribution in [0.4, 0.5) is 27.3 Å². The summed E-state index contributed by atoms with van der Waals surface area (Å²) >= 11 is 1.34. The molecule has 4 heterocycles. The van der Waals surface area contributed by atoms with Gasteiger partial charge in [-0.25, -0.2) is 17.8 Å². The summed E-state index contributed by atoms with van der Waals surface area (Å²) in [5.74, 6) is -0.234. The van der Waals surface area contributed by atoms with Gasteiger partial charge in [0.2, 0.25) is 0 Å². The standard InChI is InChI=1S/C35H31FN4O4S2/c1-22-9-6-11-25(36)32(22)38-34(41)29-21-23-17-19-40(27-13-3-2-10-24(27)33(23)45-29)35(42)26-12-7-16-31(37-26)39-18-8-20-46(43,44)30-15-5-4-14-28(30)39/h2-7,9-16,21,35,42H,8,17-20H2,1H3,(H,38,41). The van der Waals surface area contributed by atoms with Crippen LogP contribution in [0, 0.1) is 12.7 Å². The average molecular weight is 655 g/mol. The van der Waals surface area contributed by atoms with Gasteiger partial charge in [0.1, 0.15) is 11.6 Å². The van der Waals surface area contributed by atoms with Gasteiger partial charge >= 0.3 is 0 Å². The van der Waals surface area contributed by atoms with Crippen LogP contribution in [0.3, 0.4) is 0 Å². The number of aliphatic hydroxyl groups is 1. The van der Waals surface area contributed by atoms with E-state index in [1.807, 2.05) is 58.3 Å². The number of para-hydroxylation sites is 3. The third-order valence-corrected chi connectivity index (χ3v) is 11.5. The fourth-order valence-electron chi connectivity index (χ4n) is 6.17. The number of aromatic nitrogens is 1. The molecule has 1 atom stereocenters. The molecule has 0 saturated carbocycles. The Labute approximate surface area is 270 Å². The van der Waals surface area contributed by atoms with E-state index in [2.05, 4.69) is 5.32 Å². The van der Waals surface area contributed by atoms with Gasteiger partial charge in [-0.1, -0.05) is 48.5 Å². The zero-order valence-electron chi connectivity index (χ0n) is 25.0. The molecule has 7 rings (SSSR count). The van der Waals surface area contributed by atoms with Gasteiger partial charge in [0, 0.05) is 29.2 Å². The number of aliphatic hydroxyl groups excluding tert-OH is 1. The first-order valence-electron chi connectivity index (χ1n) is 15.0. The minimum atomic E-state index is -3.42. The number of rotatable bonds is 5. The Morgan fingerprint density at radius 2 is 1.74 bits per heavy atom. The summed E-state index contributed by atoms with van der Waals surface area (Å²) in [7, 11) is -3.42. The van der Waals surface area contributed by atoms with Crippen LogP contribution in [0.25, 0.3) is 10.4 Å². The van der Waals surface area contributed by atoms with Crippen LogP contribution in [0.15, 0.2) is 95.9 Å². The Kier molecular flexibility index (Phi) is 7.83. The normalized spacial score (nSPS) is 16.0. The number of sulfone groups is 1. The van der Waals surface area contributed by atoms with Crippen LogP contribution in [0.5, 0.6) is 0 Å². The molecule has 1 unspecified atom stereocenters. The van der Waals surface area contributed by atoms with Crippen molar-refractivity contribution in [1.82, 2.24) is 4.98 Å². The first-order valence-corrected chi connectivity index (χ1v) is 17.5. The van der Waals surface area contributed by atoms with Crippen LogP contribution in [-0.4, -0.2) is 43.3 Å². The molecule has 2 aliphatic heterocycles.